The molecular weight excluding hydrogens is 385 g/mol. The second kappa shape index (κ2) is 7.92. The van der Waals surface area contributed by atoms with Gasteiger partial charge >= 0.3 is 0 Å². The van der Waals surface area contributed by atoms with Crippen molar-refractivity contribution in [3.63, 3.8) is 0 Å². The number of thiophene rings is 1. The van der Waals surface area contributed by atoms with Gasteiger partial charge in [0.25, 0.3) is 0 Å². The lowest BCUT2D eigenvalue weighted by atomic mass is 10.2. The van der Waals surface area contributed by atoms with Gasteiger partial charge in [0.1, 0.15) is 17.2 Å². The molecule has 3 aromatic rings. The molecule has 1 aromatic carbocycles. The molecule has 27 heavy (non-hydrogen) atoms. The zero-order valence-electron chi connectivity index (χ0n) is 14.7. The lowest BCUT2D eigenvalue weighted by molar-refractivity contribution is -0.135. The number of hydrogen-bond acceptors (Lipinski definition) is 6. The Morgan fingerprint density at radius 1 is 1.37 bits per heavy atom. The van der Waals surface area contributed by atoms with Crippen molar-refractivity contribution >= 4 is 39.2 Å². The second-order valence-electron chi connectivity index (χ2n) is 6.32. The van der Waals surface area contributed by atoms with E-state index < -0.39 is 0 Å². The van der Waals surface area contributed by atoms with Crippen LogP contribution in [0.5, 0.6) is 0 Å². The van der Waals surface area contributed by atoms with E-state index in [0.29, 0.717) is 25.4 Å². The fourth-order valence-electron chi connectivity index (χ4n) is 2.96. The Morgan fingerprint density at radius 2 is 2.19 bits per heavy atom. The average Bonchev–Trinajstić information content (AvgIpc) is 3.11. The quantitative estimate of drug-likeness (QED) is 0.489. The largest absolute Gasteiger partial charge is 0.375 e. The third-order valence-electron chi connectivity index (χ3n) is 4.33. The Balaban J connectivity index is 1.52. The predicted octanol–water partition coefficient (Wildman–Crippen LogP) is 3.84. The Labute approximate surface area is 164 Å². The predicted molar refractivity (Wildman–Crippen MR) is 106 cm³/mol. The highest BCUT2D eigenvalue weighted by molar-refractivity contribution is 8.00. The number of nitrogens with zero attached hydrogens (tertiary/aromatic N) is 3. The first kappa shape index (κ1) is 18.3. The van der Waals surface area contributed by atoms with Crippen molar-refractivity contribution < 1.29 is 13.9 Å². The Kier molecular flexibility index (Phi) is 5.38. The number of rotatable bonds is 4. The SMILES string of the molecule is C[C@H]1CN(C(=O)CSc2ncnc3cc(-c4ccc(F)cc4)sc23)CCO1. The van der Waals surface area contributed by atoms with Crippen LogP contribution in [0.4, 0.5) is 4.39 Å². The van der Waals surface area contributed by atoms with E-state index in [2.05, 4.69) is 9.97 Å². The molecule has 1 saturated heterocycles. The third-order valence-corrected chi connectivity index (χ3v) is 6.62. The maximum Gasteiger partial charge on any atom is 0.233 e. The lowest BCUT2D eigenvalue weighted by Gasteiger charge is -2.31. The standard InChI is InChI=1S/C19H18FN3O2S2/c1-12-9-23(6-7-25-12)17(24)10-26-19-18-15(21-11-22-19)8-16(27-18)13-2-4-14(20)5-3-13/h2-5,8,11-12H,6-7,9-10H2,1H3/t12-/m0/s1. The van der Waals surface area contributed by atoms with E-state index in [0.717, 1.165) is 25.7 Å². The number of aromatic nitrogens is 2. The van der Waals surface area contributed by atoms with Gasteiger partial charge in [-0.2, -0.15) is 0 Å². The minimum absolute atomic E-state index is 0.0778. The molecule has 0 spiro atoms. The highest BCUT2D eigenvalue weighted by Gasteiger charge is 2.22. The van der Waals surface area contributed by atoms with Gasteiger partial charge < -0.3 is 9.64 Å². The van der Waals surface area contributed by atoms with Gasteiger partial charge in [-0.05, 0) is 30.7 Å². The van der Waals surface area contributed by atoms with Crippen LogP contribution in [0.3, 0.4) is 0 Å². The van der Waals surface area contributed by atoms with Crippen LogP contribution in [-0.2, 0) is 9.53 Å². The summed E-state index contributed by atoms with van der Waals surface area (Å²) in [5.41, 5.74) is 1.78. The molecular formula is C19H18FN3O2S2. The van der Waals surface area contributed by atoms with Crippen molar-refractivity contribution in [2.24, 2.45) is 0 Å². The van der Waals surface area contributed by atoms with Crippen molar-refractivity contribution in [3.05, 3.63) is 42.5 Å². The zero-order chi connectivity index (χ0) is 18.8. The molecule has 1 amide bonds. The molecule has 0 bridgehead atoms. The molecule has 1 atom stereocenters. The molecule has 3 heterocycles. The molecule has 0 unspecified atom stereocenters. The van der Waals surface area contributed by atoms with E-state index in [4.69, 9.17) is 4.74 Å². The first-order valence-electron chi connectivity index (χ1n) is 8.63. The van der Waals surface area contributed by atoms with Crippen LogP contribution < -0.4 is 0 Å². The fraction of sp³-hybridized carbons (Fsp3) is 0.316. The molecule has 1 aliphatic rings. The van der Waals surface area contributed by atoms with E-state index in [1.807, 2.05) is 17.9 Å². The summed E-state index contributed by atoms with van der Waals surface area (Å²) in [5.74, 6) is 0.173. The summed E-state index contributed by atoms with van der Waals surface area (Å²) < 4.78 is 19.6. The second-order valence-corrected chi connectivity index (χ2v) is 8.34. The summed E-state index contributed by atoms with van der Waals surface area (Å²) in [4.78, 5) is 24.0. The molecule has 0 N–H and O–H groups in total. The molecule has 0 radical (unpaired) electrons. The van der Waals surface area contributed by atoms with Crippen molar-refractivity contribution in [3.8, 4) is 10.4 Å². The Morgan fingerprint density at radius 3 is 2.96 bits per heavy atom. The average molecular weight is 404 g/mol. The Bertz CT molecular complexity index is 961. The number of carbonyl (C=O) groups is 1. The normalized spacial score (nSPS) is 17.4. The number of fused-ring (bicyclic) bond motifs is 1. The molecule has 1 aliphatic heterocycles. The molecule has 8 heteroatoms. The van der Waals surface area contributed by atoms with Gasteiger partial charge in [0.05, 0.1) is 28.7 Å². The van der Waals surface area contributed by atoms with Crippen LogP contribution in [0.2, 0.25) is 0 Å². The summed E-state index contributed by atoms with van der Waals surface area (Å²) in [6.07, 6.45) is 1.60. The number of amides is 1. The van der Waals surface area contributed by atoms with Gasteiger partial charge in [-0.15, -0.1) is 11.3 Å². The summed E-state index contributed by atoms with van der Waals surface area (Å²) in [6.45, 7) is 3.83. The van der Waals surface area contributed by atoms with Gasteiger partial charge in [0, 0.05) is 18.0 Å². The maximum atomic E-state index is 13.2. The van der Waals surface area contributed by atoms with E-state index in [1.54, 1.807) is 23.5 Å². The molecule has 4 rings (SSSR count). The van der Waals surface area contributed by atoms with Crippen molar-refractivity contribution in [2.45, 2.75) is 18.1 Å². The van der Waals surface area contributed by atoms with E-state index in [9.17, 15) is 9.18 Å². The molecule has 1 fully saturated rings. The van der Waals surface area contributed by atoms with Crippen molar-refractivity contribution in [2.75, 3.05) is 25.4 Å². The number of benzene rings is 1. The molecule has 5 nitrogen and oxygen atoms in total. The minimum atomic E-state index is -0.258. The smallest absolute Gasteiger partial charge is 0.233 e. The maximum absolute atomic E-state index is 13.2. The lowest BCUT2D eigenvalue weighted by Crippen LogP contribution is -2.45. The zero-order valence-corrected chi connectivity index (χ0v) is 16.4. The van der Waals surface area contributed by atoms with Crippen LogP contribution in [0.1, 0.15) is 6.92 Å². The van der Waals surface area contributed by atoms with Gasteiger partial charge in [-0.25, -0.2) is 14.4 Å². The van der Waals surface area contributed by atoms with Crippen LogP contribution in [0.25, 0.3) is 20.7 Å². The Hall–Kier alpha value is -2.03. The van der Waals surface area contributed by atoms with Crippen molar-refractivity contribution in [1.82, 2.24) is 14.9 Å². The van der Waals surface area contributed by atoms with Crippen LogP contribution in [-0.4, -0.2) is 52.3 Å². The highest BCUT2D eigenvalue weighted by atomic mass is 32.2. The highest BCUT2D eigenvalue weighted by Crippen LogP contribution is 2.37. The number of ether oxygens (including phenoxy) is 1. The molecule has 2 aromatic heterocycles. The van der Waals surface area contributed by atoms with E-state index in [1.165, 1.54) is 30.2 Å². The summed E-state index contributed by atoms with van der Waals surface area (Å²) in [5, 5.41) is 0.799. The third kappa shape index (κ3) is 4.12. The number of thioether (sulfide) groups is 1. The first-order chi connectivity index (χ1) is 13.1. The van der Waals surface area contributed by atoms with Gasteiger partial charge in [0.15, 0.2) is 0 Å². The van der Waals surface area contributed by atoms with Crippen LogP contribution >= 0.6 is 23.1 Å². The van der Waals surface area contributed by atoms with E-state index >= 15 is 0 Å². The minimum Gasteiger partial charge on any atom is -0.375 e. The van der Waals surface area contributed by atoms with Gasteiger partial charge in [0.2, 0.25) is 5.91 Å². The topological polar surface area (TPSA) is 55.3 Å². The fourth-order valence-corrected chi connectivity index (χ4v) is 5.06. The van der Waals surface area contributed by atoms with Crippen molar-refractivity contribution in [1.29, 1.82) is 0 Å². The number of carbonyl (C=O) groups excluding carboxylic acids is 1. The van der Waals surface area contributed by atoms with Crippen LogP contribution in [0, 0.1) is 5.82 Å². The number of morpholine rings is 1. The summed E-state index contributed by atoms with van der Waals surface area (Å²) in [7, 11) is 0. The molecule has 0 saturated carbocycles. The first-order valence-corrected chi connectivity index (χ1v) is 10.4. The summed E-state index contributed by atoms with van der Waals surface area (Å²) in [6, 6.07) is 8.38. The van der Waals surface area contributed by atoms with Gasteiger partial charge in [-0.3, -0.25) is 4.79 Å². The number of hydrogen-bond donors (Lipinski definition) is 0. The summed E-state index contributed by atoms with van der Waals surface area (Å²) >= 11 is 2.99. The molecule has 0 aliphatic carbocycles. The number of halogens is 1. The van der Waals surface area contributed by atoms with Gasteiger partial charge in [-0.1, -0.05) is 23.9 Å². The molecule has 140 valence electrons. The van der Waals surface area contributed by atoms with Crippen LogP contribution in [0.15, 0.2) is 41.7 Å². The van der Waals surface area contributed by atoms with E-state index in [-0.39, 0.29) is 17.8 Å². The monoisotopic (exact) mass is 403 g/mol.